The van der Waals surface area contributed by atoms with Gasteiger partial charge in [0.05, 0.1) is 38.0 Å². The second-order valence-electron chi connectivity index (χ2n) is 11.5. The minimum Gasteiger partial charge on any atom is -0.305 e. The zero-order valence-corrected chi connectivity index (χ0v) is 23.7. The van der Waals surface area contributed by atoms with Crippen LogP contribution in [0.25, 0.3) is 97.5 Å². The number of thiophene rings is 1. The van der Waals surface area contributed by atoms with Crippen molar-refractivity contribution in [3.8, 4) is 27.9 Å². The van der Waals surface area contributed by atoms with Crippen LogP contribution in [0.15, 0.2) is 127 Å². The molecule has 4 heteroatoms. The van der Waals surface area contributed by atoms with Crippen LogP contribution in [0.2, 0.25) is 0 Å². The van der Waals surface area contributed by atoms with E-state index in [2.05, 4.69) is 136 Å². The van der Waals surface area contributed by atoms with Gasteiger partial charge in [-0.3, -0.25) is 4.40 Å². The van der Waals surface area contributed by atoms with Crippen LogP contribution in [0.3, 0.4) is 0 Å². The van der Waals surface area contributed by atoms with Crippen molar-refractivity contribution in [2.45, 2.75) is 0 Å². The Bertz CT molecular complexity index is 2820. The topological polar surface area (TPSA) is 22.2 Å². The normalized spacial score (nSPS) is 12.7. The van der Waals surface area contributed by atoms with E-state index in [1.54, 1.807) is 0 Å². The molecule has 0 spiro atoms. The lowest BCUT2D eigenvalue weighted by molar-refractivity contribution is 1.19. The molecule has 4 heterocycles. The summed E-state index contributed by atoms with van der Waals surface area (Å²) in [5, 5.41) is 6.41. The molecular weight excluding hydrogens is 543 g/mol. The van der Waals surface area contributed by atoms with Crippen LogP contribution in [0.5, 0.6) is 0 Å². The zero-order chi connectivity index (χ0) is 27.8. The van der Waals surface area contributed by atoms with Gasteiger partial charge >= 0.3 is 0 Å². The number of benzene rings is 6. The molecule has 0 atom stereocenters. The smallest absolute Gasteiger partial charge is 0.163 e. The molecule has 3 nitrogen and oxygen atoms in total. The molecule has 1 aliphatic carbocycles. The molecule has 43 heavy (non-hydrogen) atoms. The van der Waals surface area contributed by atoms with Crippen molar-refractivity contribution in [3.05, 3.63) is 127 Å². The van der Waals surface area contributed by atoms with Gasteiger partial charge in [-0.15, -0.1) is 11.3 Å². The third kappa shape index (κ3) is 2.60. The Morgan fingerprint density at radius 2 is 1.16 bits per heavy atom. The van der Waals surface area contributed by atoms with Gasteiger partial charge < -0.3 is 4.57 Å². The van der Waals surface area contributed by atoms with Crippen LogP contribution in [-0.2, 0) is 0 Å². The van der Waals surface area contributed by atoms with Gasteiger partial charge in [0.25, 0.3) is 0 Å². The highest BCUT2D eigenvalue weighted by Gasteiger charge is 2.27. The molecule has 0 saturated carbocycles. The number of hydrogen-bond donors (Lipinski definition) is 0. The fourth-order valence-electron chi connectivity index (χ4n) is 7.75. The molecule has 0 saturated heterocycles. The van der Waals surface area contributed by atoms with E-state index in [0.717, 1.165) is 22.2 Å². The largest absolute Gasteiger partial charge is 0.305 e. The molecule has 198 valence electrons. The molecule has 4 aromatic heterocycles. The van der Waals surface area contributed by atoms with Crippen molar-refractivity contribution in [2.75, 3.05) is 0 Å². The van der Waals surface area contributed by atoms with Gasteiger partial charge in [-0.05, 0) is 58.0 Å². The van der Waals surface area contributed by atoms with Crippen molar-refractivity contribution in [2.24, 2.45) is 0 Å². The second kappa shape index (κ2) is 7.68. The quantitative estimate of drug-likeness (QED) is 0.195. The maximum absolute atomic E-state index is 5.37. The summed E-state index contributed by atoms with van der Waals surface area (Å²) in [4.78, 5) is 5.37. The Morgan fingerprint density at radius 3 is 2.05 bits per heavy atom. The molecule has 0 unspecified atom stereocenters. The van der Waals surface area contributed by atoms with E-state index in [1.807, 2.05) is 11.3 Å². The van der Waals surface area contributed by atoms with E-state index in [0.29, 0.717) is 0 Å². The summed E-state index contributed by atoms with van der Waals surface area (Å²) in [6.45, 7) is 0. The molecule has 0 aliphatic heterocycles. The standard InChI is InChI=1S/C39H21N3S/c1-2-11-23-22(10-1)24-14-9-15-26-31(21-20-25(23)34(24)26)41-30-17-6-3-12-27(30)35-37(41)39-40-29-16-5-7-18-32(29)42(39)36-28-13-4-8-19-33(28)43-38(35)36/h1-21H. The van der Waals surface area contributed by atoms with E-state index in [1.165, 1.54) is 75.3 Å². The van der Waals surface area contributed by atoms with E-state index in [9.17, 15) is 0 Å². The monoisotopic (exact) mass is 563 g/mol. The first-order valence-corrected chi connectivity index (χ1v) is 15.5. The highest BCUT2D eigenvalue weighted by atomic mass is 32.1. The van der Waals surface area contributed by atoms with Crippen LogP contribution in [0.4, 0.5) is 0 Å². The third-order valence-corrected chi connectivity index (χ3v) is 10.6. The van der Waals surface area contributed by atoms with Crippen molar-refractivity contribution < 1.29 is 0 Å². The summed E-state index contributed by atoms with van der Waals surface area (Å²) in [6.07, 6.45) is 0. The van der Waals surface area contributed by atoms with Gasteiger partial charge in [0, 0.05) is 26.2 Å². The van der Waals surface area contributed by atoms with Crippen molar-refractivity contribution >= 4 is 80.9 Å². The highest BCUT2D eigenvalue weighted by molar-refractivity contribution is 7.26. The first-order chi connectivity index (χ1) is 21.4. The number of aromatic nitrogens is 3. The van der Waals surface area contributed by atoms with Crippen LogP contribution < -0.4 is 0 Å². The van der Waals surface area contributed by atoms with Gasteiger partial charge in [0.2, 0.25) is 0 Å². The molecule has 0 amide bonds. The van der Waals surface area contributed by atoms with Gasteiger partial charge in [0.1, 0.15) is 0 Å². The lowest BCUT2D eigenvalue weighted by atomic mass is 10.0. The Hall–Kier alpha value is -5.45. The molecular formula is C39H21N3S. The number of nitrogens with zero attached hydrogens (tertiary/aromatic N) is 3. The van der Waals surface area contributed by atoms with Crippen molar-refractivity contribution in [3.63, 3.8) is 0 Å². The summed E-state index contributed by atoms with van der Waals surface area (Å²) >= 11 is 1.89. The number of pyridine rings is 1. The van der Waals surface area contributed by atoms with E-state index >= 15 is 0 Å². The van der Waals surface area contributed by atoms with E-state index < -0.39 is 0 Å². The van der Waals surface area contributed by atoms with Gasteiger partial charge in [-0.2, -0.15) is 0 Å². The Kier molecular flexibility index (Phi) is 3.96. The molecule has 0 bridgehead atoms. The number of imidazole rings is 1. The van der Waals surface area contributed by atoms with Crippen LogP contribution >= 0.6 is 11.3 Å². The summed E-state index contributed by atoms with van der Waals surface area (Å²) in [7, 11) is 0. The van der Waals surface area contributed by atoms with Crippen molar-refractivity contribution in [1.29, 1.82) is 0 Å². The fourth-order valence-corrected chi connectivity index (χ4v) is 9.00. The predicted molar refractivity (Wildman–Crippen MR) is 182 cm³/mol. The van der Waals surface area contributed by atoms with Gasteiger partial charge in [-0.1, -0.05) is 97.1 Å². The molecule has 10 aromatic rings. The van der Waals surface area contributed by atoms with Gasteiger partial charge in [-0.25, -0.2) is 4.98 Å². The molecule has 6 aromatic carbocycles. The average Bonchev–Trinajstić information content (AvgIpc) is 3.80. The second-order valence-corrected chi connectivity index (χ2v) is 12.6. The van der Waals surface area contributed by atoms with E-state index in [4.69, 9.17) is 4.98 Å². The Balaban J connectivity index is 1.42. The molecule has 0 fully saturated rings. The minimum atomic E-state index is 0.995. The Labute approximate surface area is 249 Å². The number of fused-ring (bicyclic) bond motifs is 15. The lowest BCUT2D eigenvalue weighted by Crippen LogP contribution is -1.98. The minimum absolute atomic E-state index is 0.995. The average molecular weight is 564 g/mol. The first kappa shape index (κ1) is 22.2. The lowest BCUT2D eigenvalue weighted by Gasteiger charge is -2.14. The number of rotatable bonds is 1. The molecule has 1 aliphatic rings. The zero-order valence-electron chi connectivity index (χ0n) is 22.9. The molecule has 0 radical (unpaired) electrons. The summed E-state index contributed by atoms with van der Waals surface area (Å²) in [6, 6.07) is 46.5. The summed E-state index contributed by atoms with van der Waals surface area (Å²) < 4.78 is 7.50. The number of hydrogen-bond acceptors (Lipinski definition) is 2. The molecule has 0 N–H and O–H groups in total. The predicted octanol–water partition coefficient (Wildman–Crippen LogP) is 10.8. The highest BCUT2D eigenvalue weighted by Crippen LogP contribution is 2.50. The maximum atomic E-state index is 5.37. The van der Waals surface area contributed by atoms with Crippen LogP contribution in [0.1, 0.15) is 0 Å². The summed E-state index contributed by atoms with van der Waals surface area (Å²) in [5.41, 5.74) is 13.2. The van der Waals surface area contributed by atoms with Gasteiger partial charge in [0.15, 0.2) is 5.65 Å². The van der Waals surface area contributed by atoms with Crippen molar-refractivity contribution in [1.82, 2.24) is 14.0 Å². The Morgan fingerprint density at radius 1 is 0.488 bits per heavy atom. The summed E-state index contributed by atoms with van der Waals surface area (Å²) in [5.74, 6) is 0. The first-order valence-electron chi connectivity index (χ1n) is 14.7. The number of para-hydroxylation sites is 3. The van der Waals surface area contributed by atoms with Crippen LogP contribution in [-0.4, -0.2) is 14.0 Å². The SMILES string of the molecule is c1ccc2c(c1)-c1cccc3c(-n4c5ccccc5c5c6sc7ccccc7c6n6c7ccccc7nc6c54)ccc-2c13. The molecule has 11 rings (SSSR count). The maximum Gasteiger partial charge on any atom is 0.163 e. The van der Waals surface area contributed by atoms with Crippen LogP contribution in [0, 0.1) is 0 Å². The fraction of sp³-hybridized carbons (Fsp3) is 0. The third-order valence-electron chi connectivity index (χ3n) is 9.43. The van der Waals surface area contributed by atoms with E-state index in [-0.39, 0.29) is 0 Å².